The Bertz CT molecular complexity index is 293. The van der Waals surface area contributed by atoms with E-state index in [2.05, 4.69) is 37.1 Å². The number of aromatic nitrogens is 1. The fourth-order valence-corrected chi connectivity index (χ4v) is 1.91. The molecule has 0 aliphatic carbocycles. The summed E-state index contributed by atoms with van der Waals surface area (Å²) in [7, 11) is 0. The fourth-order valence-electron chi connectivity index (χ4n) is 1.69. The molecule has 0 radical (unpaired) electrons. The molecule has 0 amide bonds. The van der Waals surface area contributed by atoms with E-state index in [0.29, 0.717) is 11.9 Å². The normalized spacial score (nSPS) is 13.8. The van der Waals surface area contributed by atoms with Gasteiger partial charge in [-0.2, -0.15) is 0 Å². The van der Waals surface area contributed by atoms with Crippen molar-refractivity contribution in [3.63, 3.8) is 0 Å². The molecule has 1 aromatic heterocycles. The van der Waals surface area contributed by atoms with Crippen LogP contribution in [0.2, 0.25) is 0 Å². The number of pyridine rings is 1. The molecule has 1 N–H and O–H groups in total. The highest BCUT2D eigenvalue weighted by Gasteiger charge is 2.23. The standard InChI is InChI=1S/C13H21ClN2/c1-13(2,3)12(6-7-14)16-10-11-5-4-8-15-9-11/h4-5,8-9,12,16H,6-7,10H2,1-3H3. The van der Waals surface area contributed by atoms with Gasteiger partial charge in [-0.1, -0.05) is 26.8 Å². The van der Waals surface area contributed by atoms with Gasteiger partial charge in [-0.3, -0.25) is 4.98 Å². The Balaban J connectivity index is 2.51. The first-order valence-electron chi connectivity index (χ1n) is 5.72. The van der Waals surface area contributed by atoms with E-state index >= 15 is 0 Å². The summed E-state index contributed by atoms with van der Waals surface area (Å²) in [6, 6.07) is 4.48. The highest BCUT2D eigenvalue weighted by atomic mass is 35.5. The van der Waals surface area contributed by atoms with E-state index in [1.165, 1.54) is 5.56 Å². The van der Waals surface area contributed by atoms with E-state index in [9.17, 15) is 0 Å². The maximum Gasteiger partial charge on any atom is 0.0312 e. The SMILES string of the molecule is CC(C)(C)C(CCCl)NCc1cccnc1. The smallest absolute Gasteiger partial charge is 0.0312 e. The summed E-state index contributed by atoms with van der Waals surface area (Å²) in [5, 5.41) is 3.55. The molecule has 90 valence electrons. The van der Waals surface area contributed by atoms with Crippen molar-refractivity contribution in [1.82, 2.24) is 10.3 Å². The quantitative estimate of drug-likeness (QED) is 0.800. The highest BCUT2D eigenvalue weighted by Crippen LogP contribution is 2.22. The Labute approximate surface area is 103 Å². The Hall–Kier alpha value is -0.600. The molecular weight excluding hydrogens is 220 g/mol. The number of rotatable bonds is 5. The Kier molecular flexibility index (Phi) is 5.23. The largest absolute Gasteiger partial charge is 0.309 e. The Morgan fingerprint density at radius 3 is 2.69 bits per heavy atom. The summed E-state index contributed by atoms with van der Waals surface area (Å²) < 4.78 is 0. The van der Waals surface area contributed by atoms with Crippen molar-refractivity contribution in [3.05, 3.63) is 30.1 Å². The molecule has 0 aliphatic rings. The van der Waals surface area contributed by atoms with E-state index < -0.39 is 0 Å². The molecule has 1 unspecified atom stereocenters. The van der Waals surface area contributed by atoms with Crippen LogP contribution in [-0.2, 0) is 6.54 Å². The van der Waals surface area contributed by atoms with Crippen LogP contribution in [0.1, 0.15) is 32.8 Å². The molecule has 0 bridgehead atoms. The Morgan fingerprint density at radius 2 is 2.19 bits per heavy atom. The highest BCUT2D eigenvalue weighted by molar-refractivity contribution is 6.17. The lowest BCUT2D eigenvalue weighted by molar-refractivity contribution is 0.260. The number of hydrogen-bond acceptors (Lipinski definition) is 2. The molecular formula is C13H21ClN2. The van der Waals surface area contributed by atoms with Crippen LogP contribution in [-0.4, -0.2) is 16.9 Å². The summed E-state index contributed by atoms with van der Waals surface area (Å²) in [4.78, 5) is 4.10. The molecule has 2 nitrogen and oxygen atoms in total. The number of nitrogens with zero attached hydrogens (tertiary/aromatic N) is 1. The van der Waals surface area contributed by atoms with Gasteiger partial charge in [0.25, 0.3) is 0 Å². The summed E-state index contributed by atoms with van der Waals surface area (Å²) in [6.07, 6.45) is 4.68. The van der Waals surface area contributed by atoms with E-state index in [1.54, 1.807) is 6.20 Å². The second kappa shape index (κ2) is 6.21. The minimum absolute atomic E-state index is 0.233. The molecule has 0 spiro atoms. The summed E-state index contributed by atoms with van der Waals surface area (Å²) in [5.41, 5.74) is 1.45. The molecule has 1 atom stereocenters. The zero-order valence-electron chi connectivity index (χ0n) is 10.3. The first-order valence-corrected chi connectivity index (χ1v) is 6.25. The minimum atomic E-state index is 0.233. The van der Waals surface area contributed by atoms with Crippen LogP contribution in [0.25, 0.3) is 0 Å². The average Bonchev–Trinajstić information content (AvgIpc) is 2.24. The van der Waals surface area contributed by atoms with Gasteiger partial charge in [-0.15, -0.1) is 11.6 Å². The Morgan fingerprint density at radius 1 is 1.44 bits per heavy atom. The molecule has 1 aromatic rings. The fraction of sp³-hybridized carbons (Fsp3) is 0.615. The summed E-state index contributed by atoms with van der Waals surface area (Å²) >= 11 is 5.83. The molecule has 0 fully saturated rings. The topological polar surface area (TPSA) is 24.9 Å². The molecule has 0 saturated heterocycles. The third-order valence-corrected chi connectivity index (χ3v) is 2.94. The predicted molar refractivity (Wildman–Crippen MR) is 69.7 cm³/mol. The second-order valence-electron chi connectivity index (χ2n) is 5.14. The first kappa shape index (κ1) is 13.5. The van der Waals surface area contributed by atoms with E-state index in [-0.39, 0.29) is 5.41 Å². The van der Waals surface area contributed by atoms with Crippen LogP contribution in [0, 0.1) is 5.41 Å². The van der Waals surface area contributed by atoms with Crippen LogP contribution >= 0.6 is 11.6 Å². The summed E-state index contributed by atoms with van der Waals surface area (Å²) in [6.45, 7) is 7.56. The second-order valence-corrected chi connectivity index (χ2v) is 5.52. The van der Waals surface area contributed by atoms with Crippen molar-refractivity contribution < 1.29 is 0 Å². The molecule has 1 rings (SSSR count). The van der Waals surface area contributed by atoms with Gasteiger partial charge in [0, 0.05) is 30.9 Å². The van der Waals surface area contributed by atoms with Crippen molar-refractivity contribution >= 4 is 11.6 Å². The lowest BCUT2D eigenvalue weighted by Gasteiger charge is -2.31. The van der Waals surface area contributed by atoms with Gasteiger partial charge in [0.05, 0.1) is 0 Å². The third kappa shape index (κ3) is 4.50. The van der Waals surface area contributed by atoms with Crippen molar-refractivity contribution in [3.8, 4) is 0 Å². The van der Waals surface area contributed by atoms with Crippen LogP contribution in [0.15, 0.2) is 24.5 Å². The molecule has 0 saturated carbocycles. The number of hydrogen-bond donors (Lipinski definition) is 1. The van der Waals surface area contributed by atoms with Gasteiger partial charge in [-0.05, 0) is 23.5 Å². The predicted octanol–water partition coefficient (Wildman–Crippen LogP) is 3.21. The third-order valence-electron chi connectivity index (χ3n) is 2.72. The maximum absolute atomic E-state index is 5.83. The average molecular weight is 241 g/mol. The van der Waals surface area contributed by atoms with Gasteiger partial charge in [0.15, 0.2) is 0 Å². The zero-order chi connectivity index (χ0) is 12.0. The monoisotopic (exact) mass is 240 g/mol. The molecule has 16 heavy (non-hydrogen) atoms. The van der Waals surface area contributed by atoms with Crippen molar-refractivity contribution in [2.24, 2.45) is 5.41 Å². The lowest BCUT2D eigenvalue weighted by atomic mass is 9.85. The van der Waals surface area contributed by atoms with E-state index in [4.69, 9.17) is 11.6 Å². The number of nitrogens with one attached hydrogen (secondary N) is 1. The number of alkyl halides is 1. The van der Waals surface area contributed by atoms with Crippen molar-refractivity contribution in [2.45, 2.75) is 39.8 Å². The van der Waals surface area contributed by atoms with Gasteiger partial charge in [0.2, 0.25) is 0 Å². The van der Waals surface area contributed by atoms with Gasteiger partial charge >= 0.3 is 0 Å². The van der Waals surface area contributed by atoms with Crippen molar-refractivity contribution in [2.75, 3.05) is 5.88 Å². The molecule has 0 aromatic carbocycles. The molecule has 3 heteroatoms. The van der Waals surface area contributed by atoms with E-state index in [0.717, 1.165) is 13.0 Å². The number of halogens is 1. The summed E-state index contributed by atoms with van der Waals surface area (Å²) in [5.74, 6) is 0.696. The van der Waals surface area contributed by atoms with Crippen LogP contribution in [0.3, 0.4) is 0 Å². The minimum Gasteiger partial charge on any atom is -0.309 e. The zero-order valence-corrected chi connectivity index (χ0v) is 11.1. The van der Waals surface area contributed by atoms with Crippen LogP contribution in [0.4, 0.5) is 0 Å². The van der Waals surface area contributed by atoms with E-state index in [1.807, 2.05) is 12.3 Å². The van der Waals surface area contributed by atoms with Crippen LogP contribution < -0.4 is 5.32 Å². The lowest BCUT2D eigenvalue weighted by Crippen LogP contribution is -2.40. The van der Waals surface area contributed by atoms with Gasteiger partial charge < -0.3 is 5.32 Å². The maximum atomic E-state index is 5.83. The van der Waals surface area contributed by atoms with Gasteiger partial charge in [-0.25, -0.2) is 0 Å². The van der Waals surface area contributed by atoms with Crippen molar-refractivity contribution in [1.29, 1.82) is 0 Å². The first-order chi connectivity index (χ1) is 7.54. The molecule has 1 heterocycles. The van der Waals surface area contributed by atoms with Gasteiger partial charge in [0.1, 0.15) is 0 Å². The molecule has 0 aliphatic heterocycles. The van der Waals surface area contributed by atoms with Crippen LogP contribution in [0.5, 0.6) is 0 Å².